The molecule has 0 unspecified atom stereocenters. The fourth-order valence-electron chi connectivity index (χ4n) is 1.92. The number of nitrogens with zero attached hydrogens (tertiary/aromatic N) is 2. The Labute approximate surface area is 127 Å². The van der Waals surface area contributed by atoms with Crippen LogP contribution in [-0.2, 0) is 6.54 Å². The molecule has 0 spiro atoms. The quantitative estimate of drug-likeness (QED) is 0.719. The third kappa shape index (κ3) is 3.44. The van der Waals surface area contributed by atoms with Crippen molar-refractivity contribution >= 4 is 17.4 Å². The van der Waals surface area contributed by atoms with Gasteiger partial charge in [-0.1, -0.05) is 23.4 Å². The van der Waals surface area contributed by atoms with Crippen LogP contribution < -0.4 is 5.32 Å². The van der Waals surface area contributed by atoms with Gasteiger partial charge >= 0.3 is 0 Å². The van der Waals surface area contributed by atoms with Crippen LogP contribution >= 0.6 is 11.8 Å². The van der Waals surface area contributed by atoms with Crippen LogP contribution in [0.15, 0.2) is 64.0 Å². The summed E-state index contributed by atoms with van der Waals surface area (Å²) in [4.78, 5) is 5.62. The Morgan fingerprint density at radius 2 is 1.81 bits per heavy atom. The molecular formula is C16H15N3OS. The summed E-state index contributed by atoms with van der Waals surface area (Å²) in [6.45, 7) is 0.514. The van der Waals surface area contributed by atoms with E-state index in [4.69, 9.17) is 4.52 Å². The van der Waals surface area contributed by atoms with E-state index in [1.807, 2.05) is 42.5 Å². The number of nitrogens with one attached hydrogen (secondary N) is 1. The van der Waals surface area contributed by atoms with Crippen molar-refractivity contribution in [2.45, 2.75) is 11.4 Å². The summed E-state index contributed by atoms with van der Waals surface area (Å²) < 4.78 is 5.27. The predicted octanol–water partition coefficient (Wildman–Crippen LogP) is 4.07. The highest BCUT2D eigenvalue weighted by atomic mass is 32.2. The topological polar surface area (TPSA) is 51.0 Å². The predicted molar refractivity (Wildman–Crippen MR) is 85.3 cm³/mol. The van der Waals surface area contributed by atoms with Crippen molar-refractivity contribution in [1.82, 2.24) is 10.1 Å². The van der Waals surface area contributed by atoms with E-state index in [0.29, 0.717) is 18.3 Å². The van der Waals surface area contributed by atoms with Crippen molar-refractivity contribution in [1.29, 1.82) is 0 Å². The average molecular weight is 297 g/mol. The highest BCUT2D eigenvalue weighted by molar-refractivity contribution is 7.98. The third-order valence-electron chi connectivity index (χ3n) is 3.03. The maximum absolute atomic E-state index is 5.27. The Balaban J connectivity index is 1.68. The lowest BCUT2D eigenvalue weighted by Gasteiger charge is -2.01. The Morgan fingerprint density at radius 3 is 2.52 bits per heavy atom. The van der Waals surface area contributed by atoms with Crippen LogP contribution in [0.5, 0.6) is 0 Å². The third-order valence-corrected chi connectivity index (χ3v) is 3.78. The number of hydrogen-bond acceptors (Lipinski definition) is 5. The van der Waals surface area contributed by atoms with Gasteiger partial charge in [0.05, 0.1) is 6.54 Å². The van der Waals surface area contributed by atoms with Crippen LogP contribution in [0.3, 0.4) is 0 Å². The zero-order valence-electron chi connectivity index (χ0n) is 11.6. The number of aromatic nitrogens is 2. The van der Waals surface area contributed by atoms with Crippen molar-refractivity contribution in [2.75, 3.05) is 11.6 Å². The molecule has 0 saturated heterocycles. The second kappa shape index (κ2) is 6.45. The van der Waals surface area contributed by atoms with Gasteiger partial charge in [-0.2, -0.15) is 4.98 Å². The lowest BCUT2D eigenvalue weighted by Crippen LogP contribution is -1.99. The van der Waals surface area contributed by atoms with Crippen LogP contribution in [-0.4, -0.2) is 16.4 Å². The Kier molecular flexibility index (Phi) is 4.21. The smallest absolute Gasteiger partial charge is 0.246 e. The molecule has 0 fully saturated rings. The van der Waals surface area contributed by atoms with E-state index in [1.165, 1.54) is 4.90 Å². The lowest BCUT2D eigenvalue weighted by molar-refractivity contribution is 0.384. The number of thioether (sulfide) groups is 1. The molecule has 3 aromatic rings. The van der Waals surface area contributed by atoms with Gasteiger partial charge in [0.25, 0.3) is 0 Å². The summed E-state index contributed by atoms with van der Waals surface area (Å²) >= 11 is 1.71. The van der Waals surface area contributed by atoms with Gasteiger partial charge in [0.15, 0.2) is 0 Å². The van der Waals surface area contributed by atoms with E-state index in [2.05, 4.69) is 33.8 Å². The maximum Gasteiger partial charge on any atom is 0.246 e. The first-order chi connectivity index (χ1) is 10.3. The van der Waals surface area contributed by atoms with Gasteiger partial charge in [0.2, 0.25) is 11.7 Å². The number of para-hydroxylation sites is 1. The molecule has 0 aliphatic heterocycles. The molecule has 1 heterocycles. The fraction of sp³-hybridized carbons (Fsp3) is 0.125. The molecule has 4 nitrogen and oxygen atoms in total. The Hall–Kier alpha value is -2.27. The molecule has 1 aromatic heterocycles. The minimum atomic E-state index is 0.514. The van der Waals surface area contributed by atoms with Crippen LogP contribution in [0.2, 0.25) is 0 Å². The monoisotopic (exact) mass is 297 g/mol. The molecule has 0 atom stereocenters. The van der Waals surface area contributed by atoms with Gasteiger partial charge in [0.1, 0.15) is 0 Å². The lowest BCUT2D eigenvalue weighted by atomic mass is 10.2. The number of hydrogen-bond donors (Lipinski definition) is 1. The molecule has 2 aromatic carbocycles. The first kappa shape index (κ1) is 13.7. The molecule has 5 heteroatoms. The van der Waals surface area contributed by atoms with Gasteiger partial charge in [-0.3, -0.25) is 0 Å². The molecule has 0 bridgehead atoms. The summed E-state index contributed by atoms with van der Waals surface area (Å²) in [6.07, 6.45) is 2.05. The second-order valence-corrected chi connectivity index (χ2v) is 5.34. The summed E-state index contributed by atoms with van der Waals surface area (Å²) in [5.41, 5.74) is 1.99. The molecule has 1 N–H and O–H groups in total. The van der Waals surface area contributed by atoms with Gasteiger partial charge in [-0.05, 0) is 42.7 Å². The number of rotatable bonds is 5. The van der Waals surface area contributed by atoms with Crippen LogP contribution in [0.25, 0.3) is 11.4 Å². The minimum Gasteiger partial charge on any atom is -0.376 e. The SMILES string of the molecule is CSc1ccc(-c2noc(CNc3ccccc3)n2)cc1. The van der Waals surface area contributed by atoms with Crippen LogP contribution in [0.4, 0.5) is 5.69 Å². The van der Waals surface area contributed by atoms with Crippen molar-refractivity contribution in [3.63, 3.8) is 0 Å². The molecule has 0 amide bonds. The zero-order chi connectivity index (χ0) is 14.5. The largest absolute Gasteiger partial charge is 0.376 e. The molecule has 0 saturated carbocycles. The van der Waals surface area contributed by atoms with Gasteiger partial charge < -0.3 is 9.84 Å². The highest BCUT2D eigenvalue weighted by Gasteiger charge is 2.08. The first-order valence-electron chi connectivity index (χ1n) is 6.61. The standard InChI is InChI=1S/C16H15N3OS/c1-21-14-9-7-12(8-10-14)16-18-15(20-19-16)11-17-13-5-3-2-4-6-13/h2-10,17H,11H2,1H3. The number of benzene rings is 2. The molecule has 3 rings (SSSR count). The van der Waals surface area contributed by atoms with Gasteiger partial charge in [-0.25, -0.2) is 0 Å². The molecule has 0 aliphatic rings. The number of anilines is 1. The minimum absolute atomic E-state index is 0.514. The van der Waals surface area contributed by atoms with E-state index in [9.17, 15) is 0 Å². The van der Waals surface area contributed by atoms with Crippen molar-refractivity contribution in [3.05, 3.63) is 60.5 Å². The van der Waals surface area contributed by atoms with Gasteiger partial charge in [0, 0.05) is 16.1 Å². The maximum atomic E-state index is 5.27. The summed E-state index contributed by atoms with van der Waals surface area (Å²) in [5, 5.41) is 7.27. The second-order valence-electron chi connectivity index (χ2n) is 4.46. The van der Waals surface area contributed by atoms with Crippen molar-refractivity contribution < 1.29 is 4.52 Å². The molecule has 0 radical (unpaired) electrons. The molecule has 0 aliphatic carbocycles. The molecular weight excluding hydrogens is 282 g/mol. The van der Waals surface area contributed by atoms with Crippen molar-refractivity contribution in [2.24, 2.45) is 0 Å². The fourth-order valence-corrected chi connectivity index (χ4v) is 2.33. The van der Waals surface area contributed by atoms with E-state index in [-0.39, 0.29) is 0 Å². The van der Waals surface area contributed by atoms with Crippen LogP contribution in [0.1, 0.15) is 5.89 Å². The first-order valence-corrected chi connectivity index (χ1v) is 7.83. The molecule has 106 valence electrons. The Bertz CT molecular complexity index is 695. The summed E-state index contributed by atoms with van der Waals surface area (Å²) in [7, 11) is 0. The summed E-state index contributed by atoms with van der Waals surface area (Å²) in [5.74, 6) is 1.19. The van der Waals surface area contributed by atoms with E-state index >= 15 is 0 Å². The normalized spacial score (nSPS) is 10.5. The van der Waals surface area contributed by atoms with E-state index in [1.54, 1.807) is 11.8 Å². The van der Waals surface area contributed by atoms with Gasteiger partial charge in [-0.15, -0.1) is 11.8 Å². The van der Waals surface area contributed by atoms with Crippen LogP contribution in [0, 0.1) is 0 Å². The van der Waals surface area contributed by atoms with E-state index < -0.39 is 0 Å². The average Bonchev–Trinajstić information content (AvgIpc) is 3.03. The zero-order valence-corrected chi connectivity index (χ0v) is 12.4. The van der Waals surface area contributed by atoms with E-state index in [0.717, 1.165) is 11.3 Å². The summed E-state index contributed by atoms with van der Waals surface area (Å²) in [6, 6.07) is 18.1. The Morgan fingerprint density at radius 1 is 1.05 bits per heavy atom. The molecule has 21 heavy (non-hydrogen) atoms. The van der Waals surface area contributed by atoms with Crippen molar-refractivity contribution in [3.8, 4) is 11.4 Å². The highest BCUT2D eigenvalue weighted by Crippen LogP contribution is 2.21.